The predicted octanol–water partition coefficient (Wildman–Crippen LogP) is 8.43. The van der Waals surface area contributed by atoms with Gasteiger partial charge in [0.25, 0.3) is 0 Å². The maximum atomic E-state index is 13.9. The molecule has 0 heterocycles. The largest absolute Gasteiger partial charge is 0.343 e. The molecule has 4 rings (SSSR count). The molecular formula is C30H33O8P3. The average molecular weight is 615 g/mol. The van der Waals surface area contributed by atoms with Crippen molar-refractivity contribution in [1.29, 1.82) is 0 Å². The van der Waals surface area contributed by atoms with Crippen LogP contribution >= 0.6 is 22.6 Å². The average Bonchev–Trinajstić information content (AvgIpc) is 2.99. The smallest absolute Gasteiger partial charge is 0.340 e. The fourth-order valence-corrected chi connectivity index (χ4v) is 12.1. The van der Waals surface area contributed by atoms with Crippen LogP contribution in [0.2, 0.25) is 0 Å². The third kappa shape index (κ3) is 10.9. The minimum Gasteiger partial charge on any atom is -0.343 e. The first kappa shape index (κ1) is 31.3. The lowest BCUT2D eigenvalue weighted by Gasteiger charge is -2.25. The van der Waals surface area contributed by atoms with Crippen molar-refractivity contribution in [3.05, 3.63) is 144 Å². The molecule has 0 saturated heterocycles. The van der Waals surface area contributed by atoms with E-state index >= 15 is 0 Å². The summed E-state index contributed by atoms with van der Waals surface area (Å²) in [6, 6.07) is 36.0. The summed E-state index contributed by atoms with van der Waals surface area (Å²) in [5.41, 5.74) is 2.86. The molecule has 0 saturated carbocycles. The molecule has 0 aliphatic rings. The van der Waals surface area contributed by atoms with E-state index in [2.05, 4.69) is 0 Å². The van der Waals surface area contributed by atoms with Gasteiger partial charge in [0.15, 0.2) is 0 Å². The van der Waals surface area contributed by atoms with Crippen molar-refractivity contribution in [1.82, 2.24) is 0 Å². The van der Waals surface area contributed by atoms with Crippen molar-refractivity contribution in [3.63, 3.8) is 0 Å². The summed E-state index contributed by atoms with van der Waals surface area (Å²) in [6.45, 7) is -0.391. The summed E-state index contributed by atoms with van der Waals surface area (Å²) in [5, 5.41) is 0. The molecule has 4 aromatic rings. The van der Waals surface area contributed by atoms with Crippen LogP contribution in [0.4, 0.5) is 0 Å². The molecule has 41 heavy (non-hydrogen) atoms. The number of benzene rings is 4. The Labute approximate surface area is 240 Å². The molecule has 11 heteroatoms. The molecule has 0 radical (unpaired) electrons. The molecule has 4 aromatic carbocycles. The summed E-state index contributed by atoms with van der Waals surface area (Å²) >= 11 is 0. The van der Waals surface area contributed by atoms with Crippen LogP contribution in [0, 0.1) is 0 Å². The topological polar surface area (TPSA) is 108 Å². The SMILES string of the molecule is O=P(O)(CP(=O)(OCc1ccccc1)OCc1ccccc1)CP(=O)(OCc1ccccc1)OCc1ccccc1. The van der Waals surface area contributed by atoms with Crippen LogP contribution in [-0.2, 0) is 58.2 Å². The van der Waals surface area contributed by atoms with Gasteiger partial charge in [-0.15, -0.1) is 0 Å². The molecule has 0 fully saturated rings. The molecule has 0 bridgehead atoms. The summed E-state index contributed by atoms with van der Waals surface area (Å²) in [6.07, 6.45) is 0. The molecule has 0 aliphatic carbocycles. The highest BCUT2D eigenvalue weighted by atomic mass is 31.3. The van der Waals surface area contributed by atoms with E-state index in [1.54, 1.807) is 97.1 Å². The fraction of sp³-hybridized carbons (Fsp3) is 0.200. The van der Waals surface area contributed by atoms with E-state index < -0.39 is 34.4 Å². The lowest BCUT2D eigenvalue weighted by atomic mass is 10.2. The Bertz CT molecular complexity index is 1280. The maximum absolute atomic E-state index is 13.9. The molecule has 8 nitrogen and oxygen atoms in total. The van der Waals surface area contributed by atoms with Crippen molar-refractivity contribution in [2.75, 3.05) is 11.8 Å². The van der Waals surface area contributed by atoms with E-state index in [9.17, 15) is 18.6 Å². The third-order valence-electron chi connectivity index (χ3n) is 5.87. The number of hydrogen-bond donors (Lipinski definition) is 1. The Morgan fingerprint density at radius 2 is 0.634 bits per heavy atom. The molecule has 0 aliphatic heterocycles. The Balaban J connectivity index is 1.51. The molecule has 0 atom stereocenters. The van der Waals surface area contributed by atoms with Crippen LogP contribution < -0.4 is 0 Å². The van der Waals surface area contributed by atoms with Crippen LogP contribution in [0.1, 0.15) is 22.3 Å². The van der Waals surface area contributed by atoms with Crippen molar-refractivity contribution < 1.29 is 36.7 Å². The quantitative estimate of drug-likeness (QED) is 0.125. The Hall–Kier alpha value is -2.63. The van der Waals surface area contributed by atoms with E-state index in [1.807, 2.05) is 24.3 Å². The van der Waals surface area contributed by atoms with Crippen molar-refractivity contribution in [2.45, 2.75) is 26.4 Å². The minimum absolute atomic E-state index is 0.0976. The van der Waals surface area contributed by atoms with Gasteiger partial charge in [0.05, 0.1) is 26.4 Å². The van der Waals surface area contributed by atoms with Crippen LogP contribution in [0.15, 0.2) is 121 Å². The van der Waals surface area contributed by atoms with Gasteiger partial charge in [0, 0.05) is 0 Å². The molecule has 0 spiro atoms. The second kappa shape index (κ2) is 15.0. The van der Waals surface area contributed by atoms with Crippen molar-refractivity contribution in [3.8, 4) is 0 Å². The summed E-state index contributed by atoms with van der Waals surface area (Å²) in [5.74, 6) is -1.71. The van der Waals surface area contributed by atoms with Gasteiger partial charge in [0.2, 0.25) is 7.37 Å². The Kier molecular flexibility index (Phi) is 11.5. The molecule has 0 unspecified atom stereocenters. The second-order valence-corrected chi connectivity index (χ2v) is 16.8. The first-order valence-corrected chi connectivity index (χ1v) is 18.4. The van der Waals surface area contributed by atoms with Crippen molar-refractivity contribution in [2.24, 2.45) is 0 Å². The lowest BCUT2D eigenvalue weighted by Crippen LogP contribution is -2.07. The number of hydrogen-bond acceptors (Lipinski definition) is 7. The van der Waals surface area contributed by atoms with E-state index in [0.717, 1.165) is 0 Å². The summed E-state index contributed by atoms with van der Waals surface area (Å²) in [4.78, 5) is 11.1. The lowest BCUT2D eigenvalue weighted by molar-refractivity contribution is 0.192. The first-order valence-electron chi connectivity index (χ1n) is 13.0. The van der Waals surface area contributed by atoms with Gasteiger partial charge in [0.1, 0.15) is 11.8 Å². The van der Waals surface area contributed by atoms with E-state index in [1.165, 1.54) is 0 Å². The number of rotatable bonds is 16. The van der Waals surface area contributed by atoms with Crippen LogP contribution in [0.3, 0.4) is 0 Å². The molecule has 216 valence electrons. The van der Waals surface area contributed by atoms with Gasteiger partial charge in [-0.25, -0.2) is 0 Å². The highest BCUT2D eigenvalue weighted by molar-refractivity contribution is 7.80. The van der Waals surface area contributed by atoms with E-state index in [-0.39, 0.29) is 26.4 Å². The standard InChI is InChI=1S/C30H33O8P3/c31-39(32,25-40(33,35-21-27-13-5-1-6-14-27)36-22-28-15-7-2-8-16-28)26-41(34,37-23-29-17-9-3-10-18-29)38-24-30-19-11-4-12-20-30/h1-20H,21-26H2,(H,31,32). The van der Waals surface area contributed by atoms with Gasteiger partial charge < -0.3 is 23.0 Å². The molecular weight excluding hydrogens is 581 g/mol. The van der Waals surface area contributed by atoms with Crippen LogP contribution in [0.25, 0.3) is 0 Å². The second-order valence-electron chi connectivity index (χ2n) is 9.39. The zero-order valence-electron chi connectivity index (χ0n) is 22.4. The van der Waals surface area contributed by atoms with Gasteiger partial charge in [-0.3, -0.25) is 13.7 Å². The van der Waals surface area contributed by atoms with Gasteiger partial charge in [-0.1, -0.05) is 121 Å². The highest BCUT2D eigenvalue weighted by Gasteiger charge is 2.42. The minimum atomic E-state index is -4.45. The van der Waals surface area contributed by atoms with Gasteiger partial charge in [-0.2, -0.15) is 0 Å². The molecule has 0 aromatic heterocycles. The normalized spacial score (nSPS) is 12.3. The van der Waals surface area contributed by atoms with Crippen LogP contribution in [0.5, 0.6) is 0 Å². The zero-order valence-corrected chi connectivity index (χ0v) is 25.1. The molecule has 0 amide bonds. The Morgan fingerprint density at radius 1 is 0.415 bits per heavy atom. The fourth-order valence-electron chi connectivity index (χ4n) is 3.81. The summed E-state index contributed by atoms with van der Waals surface area (Å²) < 4.78 is 64.0. The van der Waals surface area contributed by atoms with Crippen LogP contribution in [-0.4, -0.2) is 16.7 Å². The summed E-state index contributed by atoms with van der Waals surface area (Å²) in [7, 11) is -12.8. The van der Waals surface area contributed by atoms with Gasteiger partial charge >= 0.3 is 15.2 Å². The predicted molar refractivity (Wildman–Crippen MR) is 160 cm³/mol. The highest BCUT2D eigenvalue weighted by Crippen LogP contribution is 2.68. The maximum Gasteiger partial charge on any atom is 0.340 e. The Morgan fingerprint density at radius 3 is 0.854 bits per heavy atom. The third-order valence-corrected chi connectivity index (χ3v) is 14.3. The van der Waals surface area contributed by atoms with E-state index in [4.69, 9.17) is 18.1 Å². The molecule has 1 N–H and O–H groups in total. The monoisotopic (exact) mass is 614 g/mol. The zero-order chi connectivity index (χ0) is 29.0. The van der Waals surface area contributed by atoms with Crippen molar-refractivity contribution >= 4 is 22.6 Å². The van der Waals surface area contributed by atoms with Gasteiger partial charge in [-0.05, 0) is 22.3 Å². The van der Waals surface area contributed by atoms with E-state index in [0.29, 0.717) is 22.3 Å². The first-order chi connectivity index (χ1) is 19.7.